The Labute approximate surface area is 165 Å². The van der Waals surface area contributed by atoms with E-state index in [1.54, 1.807) is 36.6 Å². The molecule has 4 aromatic rings. The second-order valence-corrected chi connectivity index (χ2v) is 7.58. The Morgan fingerprint density at radius 1 is 1.10 bits per heavy atom. The number of H-pyrrole nitrogens is 1. The number of pyridine rings is 1. The predicted molar refractivity (Wildman–Crippen MR) is 108 cm³/mol. The van der Waals surface area contributed by atoms with Crippen molar-refractivity contribution in [3.05, 3.63) is 51.7 Å². The maximum Gasteiger partial charge on any atom is 0.202 e. The Hall–Kier alpha value is -3.40. The third-order valence-corrected chi connectivity index (χ3v) is 4.89. The van der Waals surface area contributed by atoms with E-state index in [-0.39, 0.29) is 28.8 Å². The van der Waals surface area contributed by atoms with Gasteiger partial charge in [0.2, 0.25) is 5.82 Å². The highest BCUT2D eigenvalue weighted by atomic mass is 19.2. The first kappa shape index (κ1) is 18.9. The van der Waals surface area contributed by atoms with Crippen molar-refractivity contribution in [2.45, 2.75) is 39.8 Å². The van der Waals surface area contributed by atoms with E-state index >= 15 is 4.39 Å². The van der Waals surface area contributed by atoms with Gasteiger partial charge in [0.25, 0.3) is 0 Å². The predicted octanol–water partition coefficient (Wildman–Crippen LogP) is 5.15. The molecule has 2 aromatic heterocycles. The monoisotopic (exact) mass is 395 g/mol. The molecule has 0 atom stereocenters. The number of nitrogens with one attached hydrogen (secondary N) is 1. The first-order valence-corrected chi connectivity index (χ1v) is 9.33. The van der Waals surface area contributed by atoms with Crippen molar-refractivity contribution < 1.29 is 13.5 Å². The highest BCUT2D eigenvalue weighted by Gasteiger charge is 2.24. The Morgan fingerprint density at radius 2 is 1.83 bits per heavy atom. The number of aromatic amines is 1. The molecule has 0 radical (unpaired) electrons. The van der Waals surface area contributed by atoms with Crippen molar-refractivity contribution in [3.63, 3.8) is 0 Å². The second-order valence-electron chi connectivity index (χ2n) is 7.58. The van der Waals surface area contributed by atoms with Gasteiger partial charge in [-0.05, 0) is 45.9 Å². The van der Waals surface area contributed by atoms with Crippen molar-refractivity contribution in [2.24, 2.45) is 0 Å². The van der Waals surface area contributed by atoms with Gasteiger partial charge in [0.1, 0.15) is 5.65 Å². The van der Waals surface area contributed by atoms with Gasteiger partial charge in [-0.15, -0.1) is 0 Å². The molecular formula is C22H19F2N3O2. The van der Waals surface area contributed by atoms with Crippen molar-refractivity contribution in [2.75, 3.05) is 0 Å². The molecule has 0 saturated carbocycles. The number of ether oxygens (including phenoxy) is 1. The van der Waals surface area contributed by atoms with Crippen LogP contribution in [0.25, 0.3) is 32.8 Å². The van der Waals surface area contributed by atoms with Crippen molar-refractivity contribution >= 4 is 32.8 Å². The van der Waals surface area contributed by atoms with Crippen LogP contribution in [0.3, 0.4) is 0 Å². The van der Waals surface area contributed by atoms with Crippen LogP contribution in [0.15, 0.2) is 29.1 Å². The molecule has 2 aromatic carbocycles. The Morgan fingerprint density at radius 3 is 2.45 bits per heavy atom. The molecule has 29 heavy (non-hydrogen) atoms. The summed E-state index contributed by atoms with van der Waals surface area (Å²) in [5.74, 6) is -2.53. The summed E-state index contributed by atoms with van der Waals surface area (Å²) < 4.78 is 36.8. The molecule has 0 amide bonds. The van der Waals surface area contributed by atoms with E-state index in [2.05, 4.69) is 11.1 Å². The molecular weight excluding hydrogens is 376 g/mol. The number of hydrogen-bond donors (Lipinski definition) is 1. The van der Waals surface area contributed by atoms with Crippen LogP contribution in [0.4, 0.5) is 8.78 Å². The maximum absolute atomic E-state index is 15.1. The van der Waals surface area contributed by atoms with Crippen LogP contribution in [0.1, 0.15) is 39.3 Å². The summed E-state index contributed by atoms with van der Waals surface area (Å²) in [6.45, 7) is 7.05. The highest BCUT2D eigenvalue weighted by molar-refractivity contribution is 6.10. The Bertz CT molecular complexity index is 1390. The van der Waals surface area contributed by atoms with Gasteiger partial charge in [-0.3, -0.25) is 4.79 Å². The number of nitrogens with zero attached hydrogens (tertiary/aromatic N) is 2. The second kappa shape index (κ2) is 6.59. The molecule has 7 heteroatoms. The van der Waals surface area contributed by atoms with Gasteiger partial charge >= 0.3 is 0 Å². The number of rotatable bonds is 3. The molecule has 2 heterocycles. The van der Waals surface area contributed by atoms with Crippen LogP contribution in [0.2, 0.25) is 0 Å². The number of benzene rings is 2. The van der Waals surface area contributed by atoms with Gasteiger partial charge in [0.05, 0.1) is 34.0 Å². The SMILES string of the molecule is CC(C)Oc1cc2c(=O)c3c4ccc(C#N)cc4[nH]c3n(C(C)C)c2c(F)c1F. The molecule has 0 aliphatic carbocycles. The van der Waals surface area contributed by atoms with E-state index in [1.807, 2.05) is 13.8 Å². The molecule has 0 saturated heterocycles. The van der Waals surface area contributed by atoms with Crippen LogP contribution in [-0.2, 0) is 0 Å². The molecule has 0 aliphatic rings. The first-order valence-electron chi connectivity index (χ1n) is 9.33. The minimum atomic E-state index is -1.12. The van der Waals surface area contributed by atoms with Crippen molar-refractivity contribution in [1.29, 1.82) is 5.26 Å². The summed E-state index contributed by atoms with van der Waals surface area (Å²) in [5.41, 5.74) is 0.870. The normalized spacial score (nSPS) is 11.8. The van der Waals surface area contributed by atoms with Crippen LogP contribution < -0.4 is 10.2 Å². The summed E-state index contributed by atoms with van der Waals surface area (Å²) in [4.78, 5) is 16.5. The summed E-state index contributed by atoms with van der Waals surface area (Å²) >= 11 is 0. The lowest BCUT2D eigenvalue weighted by molar-refractivity contribution is 0.228. The van der Waals surface area contributed by atoms with Gasteiger partial charge in [0, 0.05) is 16.9 Å². The average Bonchev–Trinajstić information content (AvgIpc) is 3.04. The fraction of sp³-hybridized carbons (Fsp3) is 0.273. The average molecular weight is 395 g/mol. The summed E-state index contributed by atoms with van der Waals surface area (Å²) in [5, 5.41) is 10.2. The fourth-order valence-electron chi connectivity index (χ4n) is 3.77. The third kappa shape index (κ3) is 2.75. The molecule has 148 valence electrons. The molecule has 5 nitrogen and oxygen atoms in total. The van der Waals surface area contributed by atoms with Gasteiger partial charge in [-0.2, -0.15) is 9.65 Å². The lowest BCUT2D eigenvalue weighted by atomic mass is 10.1. The lowest BCUT2D eigenvalue weighted by Gasteiger charge is -2.19. The summed E-state index contributed by atoms with van der Waals surface area (Å²) in [7, 11) is 0. The Kier molecular flexibility index (Phi) is 4.30. The standard InChI is InChI=1S/C22H19F2N3O2/c1-10(2)27-20-14(8-16(29-11(3)4)18(23)19(20)24)21(28)17-13-6-5-12(9-25)7-15(13)26-22(17)27/h5-8,10-11,26H,1-4H3. The largest absolute Gasteiger partial charge is 0.488 e. The first-order chi connectivity index (χ1) is 13.7. The zero-order valence-corrected chi connectivity index (χ0v) is 16.4. The quantitative estimate of drug-likeness (QED) is 0.521. The van der Waals surface area contributed by atoms with Gasteiger partial charge in [-0.1, -0.05) is 6.07 Å². The Balaban J connectivity index is 2.26. The number of hydrogen-bond acceptors (Lipinski definition) is 3. The van der Waals surface area contributed by atoms with E-state index in [4.69, 9.17) is 10.00 Å². The van der Waals surface area contributed by atoms with Crippen molar-refractivity contribution in [1.82, 2.24) is 9.55 Å². The number of nitriles is 1. The topological polar surface area (TPSA) is 70.8 Å². The number of aromatic nitrogens is 2. The molecule has 0 aliphatic heterocycles. The zero-order valence-electron chi connectivity index (χ0n) is 16.4. The smallest absolute Gasteiger partial charge is 0.202 e. The number of halogens is 2. The molecule has 0 unspecified atom stereocenters. The minimum absolute atomic E-state index is 0.0472. The van der Waals surface area contributed by atoms with Crippen LogP contribution in [-0.4, -0.2) is 15.7 Å². The van der Waals surface area contributed by atoms with E-state index in [0.717, 1.165) is 0 Å². The third-order valence-electron chi connectivity index (χ3n) is 4.89. The molecule has 4 rings (SSSR count). The van der Waals surface area contributed by atoms with Crippen LogP contribution in [0, 0.1) is 23.0 Å². The number of fused-ring (bicyclic) bond motifs is 4. The van der Waals surface area contributed by atoms with Crippen LogP contribution in [0.5, 0.6) is 5.75 Å². The molecule has 0 fully saturated rings. The van der Waals surface area contributed by atoms with E-state index in [9.17, 15) is 9.18 Å². The van der Waals surface area contributed by atoms with Gasteiger partial charge in [0.15, 0.2) is 17.0 Å². The zero-order chi connectivity index (χ0) is 21.0. The molecule has 1 N–H and O–H groups in total. The van der Waals surface area contributed by atoms with Crippen molar-refractivity contribution in [3.8, 4) is 11.8 Å². The molecule has 0 spiro atoms. The van der Waals surface area contributed by atoms with Gasteiger partial charge < -0.3 is 14.3 Å². The van der Waals surface area contributed by atoms with Gasteiger partial charge in [-0.25, -0.2) is 4.39 Å². The van der Waals surface area contributed by atoms with E-state index in [0.29, 0.717) is 27.5 Å². The minimum Gasteiger partial charge on any atom is -0.488 e. The summed E-state index contributed by atoms with van der Waals surface area (Å²) in [6.07, 6.45) is -0.380. The lowest BCUT2D eigenvalue weighted by Crippen LogP contribution is -2.16. The van der Waals surface area contributed by atoms with E-state index < -0.39 is 17.1 Å². The summed E-state index contributed by atoms with van der Waals surface area (Å²) in [6, 6.07) is 8.01. The van der Waals surface area contributed by atoms with Crippen LogP contribution >= 0.6 is 0 Å². The fourth-order valence-corrected chi connectivity index (χ4v) is 3.77. The highest BCUT2D eigenvalue weighted by Crippen LogP contribution is 2.34. The maximum atomic E-state index is 15.1. The van der Waals surface area contributed by atoms with E-state index in [1.165, 1.54) is 6.07 Å². The molecule has 0 bridgehead atoms.